The van der Waals surface area contributed by atoms with Crippen LogP contribution in [0.1, 0.15) is 47.0 Å². The van der Waals surface area contributed by atoms with Gasteiger partial charge in [-0.05, 0) is 39.7 Å². The molecule has 148 valence electrons. The average Bonchev–Trinajstić information content (AvgIpc) is 2.57. The van der Waals surface area contributed by atoms with Crippen molar-refractivity contribution in [1.29, 1.82) is 0 Å². The highest BCUT2D eigenvalue weighted by Gasteiger charge is 2.37. The summed E-state index contributed by atoms with van der Waals surface area (Å²) in [5, 5.41) is 9.85. The van der Waals surface area contributed by atoms with E-state index in [4.69, 9.17) is 9.47 Å². The normalized spacial score (nSPS) is 30.6. The molecule has 0 aromatic rings. The Morgan fingerprint density at radius 3 is 2.74 bits per heavy atom. The molecule has 1 heterocycles. The highest BCUT2D eigenvalue weighted by Crippen LogP contribution is 2.39. The van der Waals surface area contributed by atoms with Crippen molar-refractivity contribution >= 4 is 11.9 Å². The number of allylic oxidation sites excluding steroid dienone is 3. The molecule has 1 saturated heterocycles. The minimum absolute atomic E-state index is 0.00960. The van der Waals surface area contributed by atoms with Crippen LogP contribution in [0.25, 0.3) is 0 Å². The zero-order valence-corrected chi connectivity index (χ0v) is 16.7. The van der Waals surface area contributed by atoms with E-state index in [0.29, 0.717) is 18.6 Å². The number of esters is 2. The predicted octanol–water partition coefficient (Wildman–Crippen LogP) is 3.65. The monoisotopic (exact) mass is 374 g/mol. The molecular formula is C22H30O5. The van der Waals surface area contributed by atoms with Crippen molar-refractivity contribution in [3.05, 3.63) is 47.6 Å². The van der Waals surface area contributed by atoms with E-state index in [1.54, 1.807) is 32.1 Å². The summed E-state index contributed by atoms with van der Waals surface area (Å²) < 4.78 is 10.8. The Labute approximate surface area is 161 Å². The summed E-state index contributed by atoms with van der Waals surface area (Å²) in [6, 6.07) is 0. The third-order valence-electron chi connectivity index (χ3n) is 4.92. The first-order valence-corrected chi connectivity index (χ1v) is 9.38. The number of rotatable bonds is 3. The number of hydrogen-bond acceptors (Lipinski definition) is 5. The fraction of sp³-hybridized carbons (Fsp3) is 0.545. The lowest BCUT2D eigenvalue weighted by Gasteiger charge is -2.34. The zero-order chi connectivity index (χ0) is 20.2. The fourth-order valence-electron chi connectivity index (χ4n) is 3.61. The largest absolute Gasteiger partial charge is 0.462 e. The second kappa shape index (κ2) is 8.70. The van der Waals surface area contributed by atoms with E-state index >= 15 is 0 Å². The summed E-state index contributed by atoms with van der Waals surface area (Å²) in [6.07, 6.45) is 8.83. The van der Waals surface area contributed by atoms with Crippen LogP contribution in [0.2, 0.25) is 0 Å². The lowest BCUT2D eigenvalue weighted by molar-refractivity contribution is -0.144. The van der Waals surface area contributed by atoms with E-state index in [1.165, 1.54) is 6.92 Å². The van der Waals surface area contributed by atoms with E-state index in [0.717, 1.165) is 24.0 Å². The van der Waals surface area contributed by atoms with Gasteiger partial charge in [-0.3, -0.25) is 4.79 Å². The Morgan fingerprint density at radius 2 is 2.11 bits per heavy atom. The molecule has 3 atom stereocenters. The lowest BCUT2D eigenvalue weighted by atomic mass is 9.76. The molecule has 0 amide bonds. The topological polar surface area (TPSA) is 72.8 Å². The maximum Gasteiger partial charge on any atom is 0.334 e. The molecule has 0 saturated carbocycles. The first-order valence-electron chi connectivity index (χ1n) is 9.38. The second-order valence-corrected chi connectivity index (χ2v) is 8.01. The number of ether oxygens (including phenoxy) is 2. The molecule has 1 N–H and O–H groups in total. The van der Waals surface area contributed by atoms with Crippen LogP contribution >= 0.6 is 0 Å². The Bertz CT molecular complexity index is 690. The lowest BCUT2D eigenvalue weighted by Crippen LogP contribution is -2.35. The van der Waals surface area contributed by atoms with Crippen molar-refractivity contribution in [2.45, 2.75) is 58.7 Å². The van der Waals surface area contributed by atoms with Crippen molar-refractivity contribution in [3.8, 4) is 0 Å². The van der Waals surface area contributed by atoms with Crippen LogP contribution in [-0.2, 0) is 19.1 Å². The molecule has 1 aliphatic heterocycles. The van der Waals surface area contributed by atoms with Gasteiger partial charge in [-0.15, -0.1) is 0 Å². The maximum absolute atomic E-state index is 12.4. The van der Waals surface area contributed by atoms with Crippen LogP contribution < -0.4 is 0 Å². The van der Waals surface area contributed by atoms with Crippen molar-refractivity contribution in [2.24, 2.45) is 11.8 Å². The summed E-state index contributed by atoms with van der Waals surface area (Å²) in [7, 11) is 0. The van der Waals surface area contributed by atoms with Crippen LogP contribution in [0.4, 0.5) is 0 Å². The third-order valence-corrected chi connectivity index (χ3v) is 4.92. The zero-order valence-electron chi connectivity index (χ0n) is 16.7. The van der Waals surface area contributed by atoms with Crippen molar-refractivity contribution < 1.29 is 24.2 Å². The number of fused-ring (bicyclic) bond motifs is 1. The van der Waals surface area contributed by atoms with Gasteiger partial charge in [0.15, 0.2) is 0 Å². The molecule has 5 nitrogen and oxygen atoms in total. The fourth-order valence-corrected chi connectivity index (χ4v) is 3.61. The van der Waals surface area contributed by atoms with Gasteiger partial charge >= 0.3 is 11.9 Å². The summed E-state index contributed by atoms with van der Waals surface area (Å²) in [4.78, 5) is 23.8. The van der Waals surface area contributed by atoms with Crippen molar-refractivity contribution in [1.82, 2.24) is 0 Å². The Balaban J connectivity index is 2.31. The van der Waals surface area contributed by atoms with Crippen LogP contribution in [0, 0.1) is 11.8 Å². The highest BCUT2D eigenvalue weighted by atomic mass is 16.5. The summed E-state index contributed by atoms with van der Waals surface area (Å²) in [6.45, 7) is 11.3. The third kappa shape index (κ3) is 6.21. The quantitative estimate of drug-likeness (QED) is 0.464. The van der Waals surface area contributed by atoms with Crippen LogP contribution in [0.15, 0.2) is 47.6 Å². The molecule has 0 aromatic carbocycles. The van der Waals surface area contributed by atoms with Crippen molar-refractivity contribution in [2.75, 3.05) is 6.61 Å². The standard InChI is InChI=1S/C22H30O5/c1-14-8-9-18-19(7-6-10-22(4,5)25)21(24)26-13-20(18)15(2)12-17(11-14)27-16(3)23/h6-7,10-11,17-18,20,25H,2,8-9,12-13H2,1,3-5H3/b10-6+,14-11+,19-7+/t17-,18+,20-/m0/s1. The van der Waals surface area contributed by atoms with Crippen molar-refractivity contribution in [3.63, 3.8) is 0 Å². The molecule has 0 spiro atoms. The van der Waals surface area contributed by atoms with E-state index in [2.05, 4.69) is 6.58 Å². The molecule has 27 heavy (non-hydrogen) atoms. The maximum atomic E-state index is 12.4. The molecule has 2 rings (SSSR count). The van der Waals surface area contributed by atoms with Gasteiger partial charge in [0.1, 0.15) is 6.10 Å². The predicted molar refractivity (Wildman–Crippen MR) is 104 cm³/mol. The van der Waals surface area contributed by atoms with Crippen LogP contribution in [-0.4, -0.2) is 35.4 Å². The smallest absolute Gasteiger partial charge is 0.334 e. The molecule has 0 bridgehead atoms. The van der Waals surface area contributed by atoms with Gasteiger partial charge in [-0.1, -0.05) is 36.0 Å². The second-order valence-electron chi connectivity index (χ2n) is 8.01. The van der Waals surface area contributed by atoms with Gasteiger partial charge in [0.05, 0.1) is 12.2 Å². The molecular weight excluding hydrogens is 344 g/mol. The molecule has 5 heteroatoms. The van der Waals surface area contributed by atoms with E-state index < -0.39 is 5.60 Å². The number of cyclic esters (lactones) is 1. The average molecular weight is 374 g/mol. The van der Waals surface area contributed by atoms with Gasteiger partial charge < -0.3 is 14.6 Å². The SMILES string of the molecule is C=C1C[C@@H](OC(C)=O)/C=C(\C)CC[C@@H]2/C(=C\C=C\C(C)(C)O)C(=O)OC[C@@H]12. The van der Waals surface area contributed by atoms with Gasteiger partial charge in [-0.25, -0.2) is 4.79 Å². The van der Waals surface area contributed by atoms with E-state index in [9.17, 15) is 14.7 Å². The minimum Gasteiger partial charge on any atom is -0.462 e. The highest BCUT2D eigenvalue weighted by molar-refractivity contribution is 5.90. The van der Waals surface area contributed by atoms with E-state index in [1.807, 2.05) is 13.0 Å². The first-order chi connectivity index (χ1) is 12.6. The Hall–Kier alpha value is -2.14. The number of carbonyl (C=O) groups excluding carboxylic acids is 2. The van der Waals surface area contributed by atoms with Crippen LogP contribution in [0.5, 0.6) is 0 Å². The van der Waals surface area contributed by atoms with Gasteiger partial charge in [0.25, 0.3) is 0 Å². The molecule has 0 unspecified atom stereocenters. The summed E-state index contributed by atoms with van der Waals surface area (Å²) >= 11 is 0. The van der Waals surface area contributed by atoms with Crippen LogP contribution in [0.3, 0.4) is 0 Å². The first kappa shape index (κ1) is 21.2. The molecule has 1 fully saturated rings. The number of hydrogen-bond donors (Lipinski definition) is 1. The number of aliphatic hydroxyl groups is 1. The van der Waals surface area contributed by atoms with Gasteiger partial charge in [-0.2, -0.15) is 0 Å². The van der Waals surface area contributed by atoms with Gasteiger partial charge in [0, 0.05) is 30.8 Å². The Morgan fingerprint density at radius 1 is 1.41 bits per heavy atom. The Kier molecular flexibility index (Phi) is 6.82. The molecule has 2 aliphatic rings. The molecule has 0 aromatic heterocycles. The number of carbonyl (C=O) groups is 2. The van der Waals surface area contributed by atoms with E-state index in [-0.39, 0.29) is 29.9 Å². The summed E-state index contributed by atoms with van der Waals surface area (Å²) in [5.74, 6) is -0.659. The minimum atomic E-state index is -0.951. The van der Waals surface area contributed by atoms with Gasteiger partial charge in [0.2, 0.25) is 0 Å². The molecule has 0 radical (unpaired) electrons. The summed E-state index contributed by atoms with van der Waals surface area (Å²) in [5.41, 5.74) is 1.70. The molecule has 1 aliphatic carbocycles.